The van der Waals surface area contributed by atoms with Crippen molar-refractivity contribution in [2.45, 2.75) is 11.7 Å². The van der Waals surface area contributed by atoms with Gasteiger partial charge >= 0.3 is 0 Å². The summed E-state index contributed by atoms with van der Waals surface area (Å²) in [5.74, 6) is -0.883. The highest BCUT2D eigenvalue weighted by Gasteiger charge is 2.41. The Bertz CT molecular complexity index is 1320. The van der Waals surface area contributed by atoms with Gasteiger partial charge in [0.15, 0.2) is 0 Å². The summed E-state index contributed by atoms with van der Waals surface area (Å²) in [6, 6.07) is 22.4. The third-order valence-electron chi connectivity index (χ3n) is 5.06. The van der Waals surface area contributed by atoms with Gasteiger partial charge in [-0.3, -0.25) is 14.5 Å². The molecule has 0 saturated carbocycles. The molecule has 5 nitrogen and oxygen atoms in total. The first-order chi connectivity index (χ1) is 16.4. The Morgan fingerprint density at radius 1 is 0.971 bits per heavy atom. The molecule has 1 atom stereocenters. The van der Waals surface area contributed by atoms with Crippen LogP contribution < -0.4 is 10.2 Å². The van der Waals surface area contributed by atoms with Crippen molar-refractivity contribution in [1.29, 1.82) is 5.26 Å². The third kappa shape index (κ3) is 5.24. The van der Waals surface area contributed by atoms with E-state index in [-0.39, 0.29) is 16.5 Å². The molecule has 1 saturated heterocycles. The molecule has 9 heteroatoms. The van der Waals surface area contributed by atoms with Crippen LogP contribution in [0.1, 0.15) is 5.56 Å². The van der Waals surface area contributed by atoms with Crippen LogP contribution in [0.2, 0.25) is 15.1 Å². The summed E-state index contributed by atoms with van der Waals surface area (Å²) in [5.41, 5.74) is 1.61. The van der Waals surface area contributed by atoms with Gasteiger partial charge in [-0.15, -0.1) is 0 Å². The molecule has 1 heterocycles. The number of benzene rings is 3. The summed E-state index contributed by atoms with van der Waals surface area (Å²) in [6.07, 6.45) is 0.342. The molecule has 170 valence electrons. The summed E-state index contributed by atoms with van der Waals surface area (Å²) in [5, 5.41) is 13.9. The zero-order chi connectivity index (χ0) is 24.2. The number of hydrogen-bond acceptors (Lipinski definition) is 4. The number of amides is 2. The fraction of sp³-hybridized carbons (Fsp3) is 0.0800. The maximum absolute atomic E-state index is 13.5. The average molecular weight is 529 g/mol. The first-order valence-electron chi connectivity index (χ1n) is 10.1. The van der Waals surface area contributed by atoms with E-state index < -0.39 is 11.2 Å². The van der Waals surface area contributed by atoms with Gasteiger partial charge in [0.1, 0.15) is 16.7 Å². The van der Waals surface area contributed by atoms with E-state index in [2.05, 4.69) is 5.32 Å². The molecule has 4 rings (SSSR count). The van der Waals surface area contributed by atoms with Gasteiger partial charge < -0.3 is 5.32 Å². The number of nitriles is 1. The van der Waals surface area contributed by atoms with Gasteiger partial charge in [-0.2, -0.15) is 5.26 Å². The number of anilines is 2. The highest BCUT2D eigenvalue weighted by Crippen LogP contribution is 2.42. The molecular weight excluding hydrogens is 513 g/mol. The molecule has 3 aromatic carbocycles. The van der Waals surface area contributed by atoms with Gasteiger partial charge in [0.25, 0.3) is 5.91 Å². The normalized spacial score (nSPS) is 16.8. The van der Waals surface area contributed by atoms with Crippen LogP contribution in [0.25, 0.3) is 0 Å². The predicted octanol–water partition coefficient (Wildman–Crippen LogP) is 6.71. The van der Waals surface area contributed by atoms with Crippen LogP contribution in [0, 0.1) is 11.3 Å². The SMILES string of the molecule is N#C/C(C(=O)Nc1ccc(Cl)cc1)=C1/S[C@H](Cc2ccccc2Cl)C(=O)N1c1ccc(Cl)cc1. The monoisotopic (exact) mass is 527 g/mol. The fourth-order valence-corrected chi connectivity index (χ4v) is 5.16. The lowest BCUT2D eigenvalue weighted by Gasteiger charge is -2.19. The molecule has 0 unspecified atom stereocenters. The van der Waals surface area contributed by atoms with Gasteiger partial charge in [-0.05, 0) is 66.6 Å². The largest absolute Gasteiger partial charge is 0.321 e. The first kappa shape index (κ1) is 24.2. The third-order valence-corrected chi connectivity index (χ3v) is 7.19. The van der Waals surface area contributed by atoms with E-state index >= 15 is 0 Å². The number of thioether (sulfide) groups is 1. The minimum Gasteiger partial charge on any atom is -0.321 e. The maximum atomic E-state index is 13.5. The molecule has 1 aliphatic rings. The van der Waals surface area contributed by atoms with Crippen molar-refractivity contribution in [3.8, 4) is 6.07 Å². The molecule has 0 aliphatic carbocycles. The molecule has 1 N–H and O–H groups in total. The van der Waals surface area contributed by atoms with Gasteiger partial charge in [-0.25, -0.2) is 0 Å². The molecule has 0 spiro atoms. The number of halogens is 3. The lowest BCUT2D eigenvalue weighted by atomic mass is 10.1. The summed E-state index contributed by atoms with van der Waals surface area (Å²) in [4.78, 5) is 27.9. The molecule has 34 heavy (non-hydrogen) atoms. The topological polar surface area (TPSA) is 73.2 Å². The summed E-state index contributed by atoms with van der Waals surface area (Å²) in [6.45, 7) is 0. The fourth-order valence-electron chi connectivity index (χ4n) is 3.40. The molecule has 0 bridgehead atoms. The standard InChI is InChI=1S/C25H16Cl3N3O2S/c26-16-5-9-18(10-6-16)30-23(32)20(14-29)25-31(19-11-7-17(27)8-12-19)24(33)22(34-25)13-15-3-1-2-4-21(15)28/h1-12,22H,13H2,(H,30,32)/b25-20-/t22-/m1/s1. The van der Waals surface area contributed by atoms with Crippen molar-refractivity contribution in [3.63, 3.8) is 0 Å². The Morgan fingerprint density at radius 2 is 1.59 bits per heavy atom. The highest BCUT2D eigenvalue weighted by atomic mass is 35.5. The van der Waals surface area contributed by atoms with Gasteiger partial charge in [0.2, 0.25) is 5.91 Å². The smallest absolute Gasteiger partial charge is 0.269 e. The second kappa shape index (κ2) is 10.5. The van der Waals surface area contributed by atoms with Crippen LogP contribution in [-0.4, -0.2) is 17.1 Å². The van der Waals surface area contributed by atoms with Gasteiger partial charge in [0, 0.05) is 26.4 Å². The van der Waals surface area contributed by atoms with Crippen molar-refractivity contribution in [3.05, 3.63) is 104 Å². The Kier molecular flexibility index (Phi) is 7.50. The number of nitrogens with zero attached hydrogens (tertiary/aromatic N) is 2. The quantitative estimate of drug-likeness (QED) is 0.295. The molecular formula is C25H16Cl3N3O2S. The lowest BCUT2D eigenvalue weighted by Crippen LogP contribution is -2.31. The summed E-state index contributed by atoms with van der Waals surface area (Å²) in [7, 11) is 0. The molecule has 2 amide bonds. The zero-order valence-electron chi connectivity index (χ0n) is 17.5. The lowest BCUT2D eigenvalue weighted by molar-refractivity contribution is -0.117. The number of hydrogen-bond donors (Lipinski definition) is 1. The Hall–Kier alpha value is -2.95. The van der Waals surface area contributed by atoms with Gasteiger partial charge in [0.05, 0.1) is 5.25 Å². The van der Waals surface area contributed by atoms with Crippen LogP contribution >= 0.6 is 46.6 Å². The van der Waals surface area contributed by atoms with E-state index in [9.17, 15) is 14.9 Å². The van der Waals surface area contributed by atoms with Crippen LogP contribution in [-0.2, 0) is 16.0 Å². The zero-order valence-corrected chi connectivity index (χ0v) is 20.6. The summed E-state index contributed by atoms with van der Waals surface area (Å²) < 4.78 is 0. The van der Waals surface area contributed by atoms with Crippen molar-refractivity contribution in [1.82, 2.24) is 0 Å². The second-order valence-corrected chi connectivity index (χ2v) is 9.78. The number of nitrogens with one attached hydrogen (secondary N) is 1. The highest BCUT2D eigenvalue weighted by molar-refractivity contribution is 8.05. The number of carbonyl (C=O) groups excluding carboxylic acids is 2. The minimum atomic E-state index is -0.627. The van der Waals surface area contributed by atoms with Crippen molar-refractivity contribution >= 4 is 69.8 Å². The van der Waals surface area contributed by atoms with Crippen LogP contribution in [0.3, 0.4) is 0 Å². The van der Waals surface area contributed by atoms with Crippen molar-refractivity contribution < 1.29 is 9.59 Å². The average Bonchev–Trinajstić information content (AvgIpc) is 3.13. The molecule has 1 fully saturated rings. The minimum absolute atomic E-state index is 0.176. The molecule has 0 aromatic heterocycles. The molecule has 3 aromatic rings. The van der Waals surface area contributed by atoms with E-state index in [4.69, 9.17) is 34.8 Å². The van der Waals surface area contributed by atoms with Crippen LogP contribution in [0.15, 0.2) is 83.4 Å². The Balaban J connectivity index is 1.73. The second-order valence-electron chi connectivity index (χ2n) is 7.31. The van der Waals surface area contributed by atoms with E-state index in [1.54, 1.807) is 54.6 Å². The molecule has 0 radical (unpaired) electrons. The Labute approximate surface area is 215 Å². The summed E-state index contributed by atoms with van der Waals surface area (Å²) >= 11 is 19.4. The van der Waals surface area contributed by atoms with Crippen molar-refractivity contribution in [2.75, 3.05) is 10.2 Å². The Morgan fingerprint density at radius 3 is 2.21 bits per heavy atom. The number of rotatable bonds is 5. The van der Waals surface area contributed by atoms with Gasteiger partial charge in [-0.1, -0.05) is 64.8 Å². The van der Waals surface area contributed by atoms with E-state index in [0.29, 0.717) is 32.9 Å². The van der Waals surface area contributed by atoms with E-state index in [0.717, 1.165) is 17.3 Å². The van der Waals surface area contributed by atoms with E-state index in [1.165, 1.54) is 4.90 Å². The first-order valence-corrected chi connectivity index (χ1v) is 12.1. The predicted molar refractivity (Wildman–Crippen MR) is 138 cm³/mol. The van der Waals surface area contributed by atoms with Crippen molar-refractivity contribution in [2.24, 2.45) is 0 Å². The number of carbonyl (C=O) groups is 2. The van der Waals surface area contributed by atoms with E-state index in [1.807, 2.05) is 24.3 Å². The maximum Gasteiger partial charge on any atom is 0.269 e. The molecule has 1 aliphatic heterocycles. The van der Waals surface area contributed by atoms with Crippen LogP contribution in [0.4, 0.5) is 11.4 Å². The van der Waals surface area contributed by atoms with Crippen LogP contribution in [0.5, 0.6) is 0 Å².